The van der Waals surface area contributed by atoms with Gasteiger partial charge < -0.3 is 15.0 Å². The summed E-state index contributed by atoms with van der Waals surface area (Å²) >= 11 is 6.32. The first-order valence-electron chi connectivity index (χ1n) is 11.2. The maximum atomic E-state index is 13.7. The third-order valence-corrected chi connectivity index (χ3v) is 7.82. The highest BCUT2D eigenvalue weighted by Gasteiger charge is 2.32. The summed E-state index contributed by atoms with van der Waals surface area (Å²) in [7, 11) is -1.20. The molecule has 0 aromatic heterocycles. The summed E-state index contributed by atoms with van der Waals surface area (Å²) in [5.41, 5.74) is 0.874. The first-order valence-corrected chi connectivity index (χ1v) is 13.0. The molecule has 190 valence electrons. The highest BCUT2D eigenvalue weighted by Crippen LogP contribution is 2.28. The Kier molecular flexibility index (Phi) is 8.95. The van der Waals surface area contributed by atoms with E-state index in [2.05, 4.69) is 5.32 Å². The summed E-state index contributed by atoms with van der Waals surface area (Å²) in [6.07, 6.45) is 0. The van der Waals surface area contributed by atoms with Gasteiger partial charge in [-0.25, -0.2) is 8.42 Å². The summed E-state index contributed by atoms with van der Waals surface area (Å²) in [5, 5.41) is 2.97. The molecule has 2 amide bonds. The number of anilines is 1. The Labute approximate surface area is 216 Å². The van der Waals surface area contributed by atoms with Gasteiger partial charge in [0, 0.05) is 24.7 Å². The van der Waals surface area contributed by atoms with Crippen molar-refractivity contribution in [1.29, 1.82) is 0 Å². The van der Waals surface area contributed by atoms with Crippen molar-refractivity contribution in [2.24, 2.45) is 0 Å². The fourth-order valence-electron chi connectivity index (χ4n) is 3.62. The molecule has 0 radical (unpaired) electrons. The number of halogens is 1. The summed E-state index contributed by atoms with van der Waals surface area (Å²) < 4.78 is 33.6. The number of rotatable bonds is 10. The van der Waals surface area contributed by atoms with E-state index in [9.17, 15) is 18.0 Å². The van der Waals surface area contributed by atoms with Gasteiger partial charge in [-0.05, 0) is 42.8 Å². The quantitative estimate of drug-likeness (QED) is 0.432. The molecule has 0 aliphatic heterocycles. The molecule has 0 aliphatic carbocycles. The van der Waals surface area contributed by atoms with Crippen LogP contribution in [0.4, 0.5) is 5.69 Å². The van der Waals surface area contributed by atoms with Crippen molar-refractivity contribution in [1.82, 2.24) is 10.2 Å². The van der Waals surface area contributed by atoms with Gasteiger partial charge in [0.25, 0.3) is 10.0 Å². The maximum absolute atomic E-state index is 13.7. The summed E-state index contributed by atoms with van der Waals surface area (Å²) in [6, 6.07) is 20.4. The second-order valence-corrected chi connectivity index (χ2v) is 10.2. The van der Waals surface area contributed by atoms with E-state index in [0.29, 0.717) is 16.3 Å². The zero-order valence-electron chi connectivity index (χ0n) is 20.2. The van der Waals surface area contributed by atoms with Crippen molar-refractivity contribution >= 4 is 39.1 Å². The Morgan fingerprint density at radius 2 is 1.67 bits per heavy atom. The zero-order valence-corrected chi connectivity index (χ0v) is 21.8. The average molecular weight is 530 g/mol. The van der Waals surface area contributed by atoms with Crippen molar-refractivity contribution in [2.45, 2.75) is 24.4 Å². The number of carbonyl (C=O) groups is 2. The number of benzene rings is 3. The molecule has 0 bridgehead atoms. The van der Waals surface area contributed by atoms with Gasteiger partial charge in [-0.2, -0.15) is 0 Å². The molecule has 0 fully saturated rings. The molecular weight excluding hydrogens is 502 g/mol. The van der Waals surface area contributed by atoms with Crippen LogP contribution in [-0.4, -0.2) is 51.9 Å². The van der Waals surface area contributed by atoms with Crippen LogP contribution in [0.3, 0.4) is 0 Å². The van der Waals surface area contributed by atoms with E-state index >= 15 is 0 Å². The number of carbonyl (C=O) groups excluding carboxylic acids is 2. The Balaban J connectivity index is 2.05. The van der Waals surface area contributed by atoms with Gasteiger partial charge in [0.2, 0.25) is 11.8 Å². The lowest BCUT2D eigenvalue weighted by atomic mass is 10.1. The van der Waals surface area contributed by atoms with Crippen LogP contribution in [-0.2, 0) is 26.2 Å². The first-order chi connectivity index (χ1) is 17.2. The number of likely N-dealkylation sites (N-methyl/N-ethyl adjacent to an activating group) is 1. The smallest absolute Gasteiger partial charge is 0.264 e. The highest BCUT2D eigenvalue weighted by atomic mass is 35.5. The number of ether oxygens (including phenoxy) is 1. The molecule has 36 heavy (non-hydrogen) atoms. The third-order valence-electron chi connectivity index (χ3n) is 5.66. The van der Waals surface area contributed by atoms with E-state index < -0.39 is 34.4 Å². The Morgan fingerprint density at radius 3 is 2.31 bits per heavy atom. The molecule has 8 nitrogen and oxygen atoms in total. The molecule has 0 spiro atoms. The minimum Gasteiger partial charge on any atom is -0.497 e. The van der Waals surface area contributed by atoms with Crippen molar-refractivity contribution in [3.8, 4) is 5.75 Å². The summed E-state index contributed by atoms with van der Waals surface area (Å²) in [5.74, 6) is -0.539. The van der Waals surface area contributed by atoms with Crippen LogP contribution in [0.25, 0.3) is 0 Å². The van der Waals surface area contributed by atoms with Crippen LogP contribution in [0.2, 0.25) is 5.02 Å². The molecule has 10 heteroatoms. The van der Waals surface area contributed by atoms with Crippen molar-refractivity contribution < 1.29 is 22.7 Å². The van der Waals surface area contributed by atoms with Gasteiger partial charge in [0.05, 0.1) is 17.7 Å². The standard InChI is InChI=1S/C26H28ClN3O5S/c1-19(26(32)28-2)29(17-20-10-7-8-15-24(20)27)25(31)18-30(21-11-9-12-22(16-21)35-3)36(33,34)23-13-5-4-6-14-23/h4-16,19H,17-18H2,1-3H3,(H,28,32)/t19-/m1/s1. The number of methoxy groups -OCH3 is 1. The topological polar surface area (TPSA) is 96.0 Å². The van der Waals surface area contributed by atoms with E-state index in [-0.39, 0.29) is 17.1 Å². The molecule has 0 saturated carbocycles. The molecule has 3 rings (SSSR count). The van der Waals surface area contributed by atoms with Gasteiger partial charge in [0.15, 0.2) is 0 Å². The van der Waals surface area contributed by atoms with E-state index in [0.717, 1.165) is 4.31 Å². The van der Waals surface area contributed by atoms with Crippen LogP contribution < -0.4 is 14.4 Å². The van der Waals surface area contributed by atoms with Crippen LogP contribution in [0, 0.1) is 0 Å². The van der Waals surface area contributed by atoms with E-state index in [1.807, 2.05) is 0 Å². The third kappa shape index (κ3) is 6.16. The largest absolute Gasteiger partial charge is 0.497 e. The van der Waals surface area contributed by atoms with Crippen LogP contribution in [0.1, 0.15) is 12.5 Å². The van der Waals surface area contributed by atoms with Gasteiger partial charge in [-0.1, -0.05) is 54.1 Å². The van der Waals surface area contributed by atoms with E-state index in [1.165, 1.54) is 37.3 Å². The van der Waals surface area contributed by atoms with E-state index in [1.54, 1.807) is 67.6 Å². The van der Waals surface area contributed by atoms with Crippen LogP contribution in [0.15, 0.2) is 83.8 Å². The first kappa shape index (κ1) is 27.0. The normalized spacial score (nSPS) is 11.9. The molecule has 1 atom stereocenters. The van der Waals surface area contributed by atoms with Gasteiger partial charge in [-0.3, -0.25) is 13.9 Å². The maximum Gasteiger partial charge on any atom is 0.264 e. The lowest BCUT2D eigenvalue weighted by molar-refractivity contribution is -0.139. The summed E-state index contributed by atoms with van der Waals surface area (Å²) in [6.45, 7) is 1.05. The van der Waals surface area contributed by atoms with Crippen LogP contribution >= 0.6 is 11.6 Å². The second-order valence-electron chi connectivity index (χ2n) is 7.93. The number of hydrogen-bond donors (Lipinski definition) is 1. The molecule has 1 N–H and O–H groups in total. The van der Waals surface area contributed by atoms with Gasteiger partial charge in [-0.15, -0.1) is 0 Å². The Hall–Kier alpha value is -3.56. The molecule has 0 saturated heterocycles. The number of hydrogen-bond acceptors (Lipinski definition) is 5. The second kappa shape index (κ2) is 11.9. The van der Waals surface area contributed by atoms with Crippen LogP contribution in [0.5, 0.6) is 5.75 Å². The lowest BCUT2D eigenvalue weighted by Gasteiger charge is -2.32. The molecule has 3 aromatic carbocycles. The van der Waals surface area contributed by atoms with Gasteiger partial charge >= 0.3 is 0 Å². The van der Waals surface area contributed by atoms with E-state index in [4.69, 9.17) is 16.3 Å². The molecule has 0 aliphatic rings. The molecule has 3 aromatic rings. The van der Waals surface area contributed by atoms with Gasteiger partial charge in [0.1, 0.15) is 18.3 Å². The fourth-order valence-corrected chi connectivity index (χ4v) is 5.24. The minimum atomic E-state index is -4.14. The number of nitrogens with one attached hydrogen (secondary N) is 1. The fraction of sp³-hybridized carbons (Fsp3) is 0.231. The number of nitrogens with zero attached hydrogens (tertiary/aromatic N) is 2. The molecular formula is C26H28ClN3O5S. The Bertz CT molecular complexity index is 1320. The average Bonchev–Trinajstić information content (AvgIpc) is 2.90. The summed E-state index contributed by atoms with van der Waals surface area (Å²) in [4.78, 5) is 27.5. The number of sulfonamides is 1. The predicted molar refractivity (Wildman–Crippen MR) is 139 cm³/mol. The molecule has 0 unspecified atom stereocenters. The SMILES string of the molecule is CNC(=O)[C@@H](C)N(Cc1ccccc1Cl)C(=O)CN(c1cccc(OC)c1)S(=O)(=O)c1ccccc1. The predicted octanol–water partition coefficient (Wildman–Crippen LogP) is 3.71. The van der Waals surface area contributed by atoms with Crippen molar-refractivity contribution in [2.75, 3.05) is 25.0 Å². The minimum absolute atomic E-state index is 0.0183. The zero-order chi connectivity index (χ0) is 26.3. The van der Waals surface area contributed by atoms with Crippen molar-refractivity contribution in [3.05, 3.63) is 89.4 Å². The Morgan fingerprint density at radius 1 is 1.00 bits per heavy atom. The lowest BCUT2D eigenvalue weighted by Crippen LogP contribution is -2.50. The van der Waals surface area contributed by atoms with Crippen molar-refractivity contribution in [3.63, 3.8) is 0 Å². The number of amides is 2. The molecule has 0 heterocycles. The monoisotopic (exact) mass is 529 g/mol. The highest BCUT2D eigenvalue weighted by molar-refractivity contribution is 7.92.